The van der Waals surface area contributed by atoms with E-state index in [0.717, 1.165) is 0 Å². The van der Waals surface area contributed by atoms with Crippen LogP contribution in [0.15, 0.2) is 0 Å². The first-order chi connectivity index (χ1) is 8.80. The van der Waals surface area contributed by atoms with Gasteiger partial charge in [0.25, 0.3) is 0 Å². The summed E-state index contributed by atoms with van der Waals surface area (Å²) in [6.45, 7) is 9.03. The first-order valence-electron chi connectivity index (χ1n) is 6.14. The lowest BCUT2D eigenvalue weighted by Gasteiger charge is -2.24. The number of rotatable bonds is 4. The highest BCUT2D eigenvalue weighted by molar-refractivity contribution is 5.81. The van der Waals surface area contributed by atoms with Crippen LogP contribution >= 0.6 is 0 Å². The van der Waals surface area contributed by atoms with E-state index in [1.165, 1.54) is 0 Å². The monoisotopic (exact) mass is 290 g/mol. The van der Waals surface area contributed by atoms with Crippen LogP contribution in [0.3, 0.4) is 0 Å². The van der Waals surface area contributed by atoms with Crippen LogP contribution in [0, 0.1) is 10.1 Å². The van der Waals surface area contributed by atoms with E-state index < -0.39 is 40.8 Å². The third kappa shape index (κ3) is 9.12. The van der Waals surface area contributed by atoms with Gasteiger partial charge >= 0.3 is 12.1 Å². The van der Waals surface area contributed by atoms with E-state index in [9.17, 15) is 19.7 Å². The van der Waals surface area contributed by atoms with E-state index in [1.807, 2.05) is 0 Å². The molecule has 0 aliphatic rings. The zero-order valence-electron chi connectivity index (χ0n) is 12.7. The van der Waals surface area contributed by atoms with Crippen molar-refractivity contribution in [3.63, 3.8) is 0 Å². The Bertz CT molecular complexity index is 380. The SMILES string of the molecule is CC(C)(C)OC(=O)NC(C[N+](=O)[O-])C(=O)OC(C)(C)C. The van der Waals surface area contributed by atoms with Crippen LogP contribution in [-0.4, -0.2) is 40.8 Å². The molecule has 8 nitrogen and oxygen atoms in total. The highest BCUT2D eigenvalue weighted by atomic mass is 16.6. The number of nitrogens with zero attached hydrogens (tertiary/aromatic N) is 1. The van der Waals surface area contributed by atoms with Gasteiger partial charge in [0.1, 0.15) is 11.2 Å². The molecular weight excluding hydrogens is 268 g/mol. The van der Waals surface area contributed by atoms with E-state index in [0.29, 0.717) is 0 Å². The third-order valence-corrected chi connectivity index (χ3v) is 1.71. The van der Waals surface area contributed by atoms with E-state index in [2.05, 4.69) is 5.32 Å². The molecule has 0 aliphatic heterocycles. The van der Waals surface area contributed by atoms with Gasteiger partial charge in [-0.15, -0.1) is 0 Å². The molecule has 8 heteroatoms. The molecule has 0 bridgehead atoms. The molecule has 1 atom stereocenters. The van der Waals surface area contributed by atoms with Crippen molar-refractivity contribution in [3.8, 4) is 0 Å². The molecule has 1 amide bonds. The molecule has 1 unspecified atom stereocenters. The molecule has 0 aromatic carbocycles. The standard InChI is InChI=1S/C12H22N2O6/c1-11(2,3)19-9(15)8(7-14(17)18)13-10(16)20-12(4,5)6/h8H,7H2,1-6H3,(H,13,16). The van der Waals surface area contributed by atoms with Gasteiger partial charge in [-0.2, -0.15) is 0 Å². The fourth-order valence-electron chi connectivity index (χ4n) is 1.15. The van der Waals surface area contributed by atoms with E-state index in [1.54, 1.807) is 41.5 Å². The normalized spacial score (nSPS) is 13.3. The Morgan fingerprint density at radius 1 is 1.10 bits per heavy atom. The summed E-state index contributed by atoms with van der Waals surface area (Å²) in [5.41, 5.74) is -1.57. The van der Waals surface area contributed by atoms with Crippen LogP contribution in [0.1, 0.15) is 41.5 Å². The Labute approximate surface area is 118 Å². The van der Waals surface area contributed by atoms with E-state index in [4.69, 9.17) is 9.47 Å². The molecular formula is C12H22N2O6. The predicted molar refractivity (Wildman–Crippen MR) is 70.9 cm³/mol. The lowest BCUT2D eigenvalue weighted by atomic mass is 10.2. The van der Waals surface area contributed by atoms with Crippen LogP contribution in [0.5, 0.6) is 0 Å². The number of carbonyl (C=O) groups excluding carboxylic acids is 2. The minimum absolute atomic E-state index is 0.702. The second kappa shape index (κ2) is 6.53. The number of alkyl carbamates (subject to hydrolysis) is 1. The smallest absolute Gasteiger partial charge is 0.408 e. The summed E-state index contributed by atoms with van der Waals surface area (Å²) in [5, 5.41) is 12.7. The summed E-state index contributed by atoms with van der Waals surface area (Å²) in [4.78, 5) is 33.2. The molecule has 0 aliphatic carbocycles. The number of ether oxygens (including phenoxy) is 2. The number of amides is 1. The molecule has 0 heterocycles. The van der Waals surface area contributed by atoms with Gasteiger partial charge in [0.05, 0.1) is 0 Å². The summed E-state index contributed by atoms with van der Waals surface area (Å²) < 4.78 is 9.97. The first kappa shape index (κ1) is 18.1. The molecule has 20 heavy (non-hydrogen) atoms. The van der Waals surface area contributed by atoms with Crippen molar-refractivity contribution in [2.45, 2.75) is 58.8 Å². The number of carbonyl (C=O) groups is 2. The number of esters is 1. The largest absolute Gasteiger partial charge is 0.458 e. The van der Waals surface area contributed by atoms with Gasteiger partial charge < -0.3 is 14.8 Å². The van der Waals surface area contributed by atoms with Gasteiger partial charge in [0.2, 0.25) is 6.54 Å². The van der Waals surface area contributed by atoms with Gasteiger partial charge in [-0.1, -0.05) is 0 Å². The van der Waals surface area contributed by atoms with Crippen LogP contribution in [0.2, 0.25) is 0 Å². The van der Waals surface area contributed by atoms with Crippen molar-refractivity contribution in [2.75, 3.05) is 6.54 Å². The summed E-state index contributed by atoms with van der Waals surface area (Å²) in [5.74, 6) is -0.875. The number of nitrogens with one attached hydrogen (secondary N) is 1. The second-order valence-corrected chi connectivity index (χ2v) is 6.25. The quantitative estimate of drug-likeness (QED) is 0.477. The average molecular weight is 290 g/mol. The molecule has 0 radical (unpaired) electrons. The van der Waals surface area contributed by atoms with Crippen LogP contribution in [-0.2, 0) is 14.3 Å². The average Bonchev–Trinajstić information content (AvgIpc) is 2.09. The lowest BCUT2D eigenvalue weighted by molar-refractivity contribution is -0.481. The minimum atomic E-state index is -1.39. The molecule has 0 fully saturated rings. The van der Waals surface area contributed by atoms with Crippen molar-refractivity contribution in [2.24, 2.45) is 0 Å². The fourth-order valence-corrected chi connectivity index (χ4v) is 1.15. The molecule has 1 N–H and O–H groups in total. The Balaban J connectivity index is 4.77. The Kier molecular flexibility index (Phi) is 5.93. The summed E-state index contributed by atoms with van der Waals surface area (Å²) >= 11 is 0. The number of nitro groups is 1. The van der Waals surface area contributed by atoms with Crippen molar-refractivity contribution in [1.82, 2.24) is 5.32 Å². The lowest BCUT2D eigenvalue weighted by Crippen LogP contribution is -2.49. The van der Waals surface area contributed by atoms with Crippen molar-refractivity contribution in [1.29, 1.82) is 0 Å². The highest BCUT2D eigenvalue weighted by Crippen LogP contribution is 2.10. The summed E-state index contributed by atoms with van der Waals surface area (Å²) in [6.07, 6.45) is -0.907. The number of hydrogen-bond acceptors (Lipinski definition) is 6. The first-order valence-corrected chi connectivity index (χ1v) is 6.14. The third-order valence-electron chi connectivity index (χ3n) is 1.71. The van der Waals surface area contributed by atoms with Crippen molar-refractivity contribution >= 4 is 12.1 Å². The Morgan fingerprint density at radius 2 is 1.55 bits per heavy atom. The maximum Gasteiger partial charge on any atom is 0.408 e. The molecule has 0 aromatic rings. The van der Waals surface area contributed by atoms with Gasteiger partial charge in [0.15, 0.2) is 6.04 Å². The predicted octanol–water partition coefficient (Wildman–Crippen LogP) is 1.50. The van der Waals surface area contributed by atoms with Crippen molar-refractivity contribution < 1.29 is 24.0 Å². The molecule has 0 spiro atoms. The minimum Gasteiger partial charge on any atom is -0.458 e. The zero-order chi connectivity index (χ0) is 16.1. The fraction of sp³-hybridized carbons (Fsp3) is 0.833. The molecule has 0 rings (SSSR count). The summed E-state index contributed by atoms with van der Waals surface area (Å²) in [6, 6.07) is -1.39. The number of hydrogen-bond donors (Lipinski definition) is 1. The molecule has 0 saturated heterocycles. The molecule has 0 aromatic heterocycles. The maximum absolute atomic E-state index is 11.8. The van der Waals surface area contributed by atoms with Gasteiger partial charge in [-0.3, -0.25) is 10.1 Å². The van der Waals surface area contributed by atoms with Gasteiger partial charge in [-0.25, -0.2) is 9.59 Å². The van der Waals surface area contributed by atoms with Crippen LogP contribution < -0.4 is 5.32 Å². The van der Waals surface area contributed by atoms with Gasteiger partial charge in [0, 0.05) is 4.92 Å². The van der Waals surface area contributed by atoms with Gasteiger partial charge in [-0.05, 0) is 41.5 Å². The van der Waals surface area contributed by atoms with E-state index >= 15 is 0 Å². The zero-order valence-corrected chi connectivity index (χ0v) is 12.7. The Morgan fingerprint density at radius 3 is 1.90 bits per heavy atom. The topological polar surface area (TPSA) is 108 Å². The molecule has 0 saturated carbocycles. The van der Waals surface area contributed by atoms with E-state index in [-0.39, 0.29) is 0 Å². The maximum atomic E-state index is 11.8. The van der Waals surface area contributed by atoms with Crippen LogP contribution in [0.25, 0.3) is 0 Å². The summed E-state index contributed by atoms with van der Waals surface area (Å²) in [7, 11) is 0. The van der Waals surface area contributed by atoms with Crippen molar-refractivity contribution in [3.05, 3.63) is 10.1 Å². The molecule has 116 valence electrons. The van der Waals surface area contributed by atoms with Crippen LogP contribution in [0.4, 0.5) is 4.79 Å². The Hall–Kier alpha value is -1.86. The highest BCUT2D eigenvalue weighted by Gasteiger charge is 2.32. The second-order valence-electron chi connectivity index (χ2n) is 6.25.